The Hall–Kier alpha value is -3.14. The molecule has 3 heteroatoms. The lowest BCUT2D eigenvalue weighted by Gasteiger charge is -2.19. The number of hydrogen-bond donors (Lipinski definition) is 0. The van der Waals surface area contributed by atoms with Crippen LogP contribution in [0.4, 0.5) is 0 Å². The van der Waals surface area contributed by atoms with Crippen molar-refractivity contribution in [2.24, 2.45) is 0 Å². The highest BCUT2D eigenvalue weighted by Gasteiger charge is 2.15. The lowest BCUT2D eigenvalue weighted by Crippen LogP contribution is -2.19. The van der Waals surface area contributed by atoms with Gasteiger partial charge in [0.15, 0.2) is 6.29 Å². The van der Waals surface area contributed by atoms with Gasteiger partial charge in [-0.1, -0.05) is 80.6 Å². The second-order valence-corrected chi connectivity index (χ2v) is 9.04. The molecule has 0 aliphatic carbocycles. The first-order valence-corrected chi connectivity index (χ1v) is 12.3. The molecule has 174 valence electrons. The van der Waals surface area contributed by atoms with Crippen LogP contribution in [0.1, 0.15) is 37.8 Å². The Balaban J connectivity index is 1.18. The third kappa shape index (κ3) is 4.59. The lowest BCUT2D eigenvalue weighted by molar-refractivity contribution is -0.0839. The predicted octanol–water partition coefficient (Wildman–Crippen LogP) is 7.71. The molecule has 2 unspecified atom stereocenters. The van der Waals surface area contributed by atoms with E-state index in [1.165, 1.54) is 43.4 Å². The van der Waals surface area contributed by atoms with Crippen LogP contribution in [0.5, 0.6) is 5.75 Å². The zero-order chi connectivity index (χ0) is 23.5. The monoisotopic (exact) mass is 452 g/mol. The molecule has 5 aromatic carbocycles. The Morgan fingerprint density at radius 1 is 0.706 bits per heavy atom. The Kier molecular flexibility index (Phi) is 6.66. The largest absolute Gasteiger partial charge is 0.465 e. The number of ether oxygens (including phenoxy) is 3. The summed E-state index contributed by atoms with van der Waals surface area (Å²) in [7, 11) is 0. The van der Waals surface area contributed by atoms with E-state index in [-0.39, 0.29) is 12.2 Å². The molecular weight excluding hydrogens is 420 g/mol. The number of aryl methyl sites for hydroxylation is 1. The highest BCUT2D eigenvalue weighted by atomic mass is 16.7. The standard InChI is InChI=1S/C31H32O3/c1-4-23-8-14-27(15-9-23)34-22(3)33-19-18-32-20-21(2)28-16-12-26-11-10-24-6-5-7-25-13-17-29(28)31(26)30(24)25/h5-17,21-22H,4,18-20H2,1-3H3. The number of rotatable bonds is 10. The third-order valence-corrected chi connectivity index (χ3v) is 6.68. The minimum atomic E-state index is -0.314. The second-order valence-electron chi connectivity index (χ2n) is 9.04. The molecule has 0 amide bonds. The molecule has 2 atom stereocenters. The molecule has 0 fully saturated rings. The minimum absolute atomic E-state index is 0.287. The maximum Gasteiger partial charge on any atom is 0.197 e. The van der Waals surface area contributed by atoms with Gasteiger partial charge >= 0.3 is 0 Å². The molecule has 0 saturated carbocycles. The quantitative estimate of drug-likeness (QED) is 0.123. The van der Waals surface area contributed by atoms with Crippen LogP contribution < -0.4 is 4.74 Å². The van der Waals surface area contributed by atoms with Crippen molar-refractivity contribution in [1.82, 2.24) is 0 Å². The van der Waals surface area contributed by atoms with E-state index >= 15 is 0 Å². The van der Waals surface area contributed by atoms with Crippen molar-refractivity contribution in [2.45, 2.75) is 39.4 Å². The van der Waals surface area contributed by atoms with Gasteiger partial charge in [-0.25, -0.2) is 0 Å². The molecular formula is C31H32O3. The van der Waals surface area contributed by atoms with Crippen LogP contribution in [-0.4, -0.2) is 26.1 Å². The summed E-state index contributed by atoms with van der Waals surface area (Å²) in [6.45, 7) is 7.99. The zero-order valence-electron chi connectivity index (χ0n) is 20.2. The topological polar surface area (TPSA) is 27.7 Å². The summed E-state index contributed by atoms with van der Waals surface area (Å²) in [6.07, 6.45) is 0.711. The molecule has 0 spiro atoms. The maximum atomic E-state index is 5.99. The Morgan fingerprint density at radius 3 is 2.12 bits per heavy atom. The van der Waals surface area contributed by atoms with Gasteiger partial charge in [-0.2, -0.15) is 0 Å². The fourth-order valence-corrected chi connectivity index (χ4v) is 4.84. The maximum absolute atomic E-state index is 5.99. The fraction of sp³-hybridized carbons (Fsp3) is 0.290. The van der Waals surface area contributed by atoms with Crippen LogP contribution in [0.25, 0.3) is 32.3 Å². The second kappa shape index (κ2) is 10.0. The molecule has 0 saturated heterocycles. The van der Waals surface area contributed by atoms with Crippen molar-refractivity contribution in [2.75, 3.05) is 19.8 Å². The Morgan fingerprint density at radius 2 is 1.38 bits per heavy atom. The van der Waals surface area contributed by atoms with Gasteiger partial charge in [0.1, 0.15) is 5.75 Å². The van der Waals surface area contributed by atoms with Crippen LogP contribution in [0, 0.1) is 0 Å². The average molecular weight is 453 g/mol. The summed E-state index contributed by atoms with van der Waals surface area (Å²) in [5.74, 6) is 1.11. The van der Waals surface area contributed by atoms with E-state index in [0.717, 1.165) is 12.2 Å². The van der Waals surface area contributed by atoms with Gasteiger partial charge in [-0.3, -0.25) is 0 Å². The average Bonchev–Trinajstić information content (AvgIpc) is 2.87. The molecule has 0 aromatic heterocycles. The summed E-state index contributed by atoms with van der Waals surface area (Å²) >= 11 is 0. The lowest BCUT2D eigenvalue weighted by atomic mass is 9.88. The molecule has 0 radical (unpaired) electrons. The van der Waals surface area contributed by atoms with Crippen molar-refractivity contribution in [3.63, 3.8) is 0 Å². The van der Waals surface area contributed by atoms with Crippen molar-refractivity contribution in [3.8, 4) is 5.75 Å². The fourth-order valence-electron chi connectivity index (χ4n) is 4.84. The molecule has 0 heterocycles. The molecule has 0 aliphatic rings. The highest BCUT2D eigenvalue weighted by Crippen LogP contribution is 2.37. The summed E-state index contributed by atoms with van der Waals surface area (Å²) < 4.78 is 17.6. The summed E-state index contributed by atoms with van der Waals surface area (Å²) in [5, 5.41) is 7.94. The van der Waals surface area contributed by atoms with Crippen molar-refractivity contribution < 1.29 is 14.2 Å². The van der Waals surface area contributed by atoms with Gasteiger partial charge < -0.3 is 14.2 Å². The molecule has 0 N–H and O–H groups in total. The van der Waals surface area contributed by atoms with E-state index in [2.05, 4.69) is 80.6 Å². The van der Waals surface area contributed by atoms with Gasteiger partial charge in [0.05, 0.1) is 19.8 Å². The summed E-state index contributed by atoms with van der Waals surface area (Å²) in [4.78, 5) is 0. The van der Waals surface area contributed by atoms with E-state index in [1.807, 2.05) is 19.1 Å². The highest BCUT2D eigenvalue weighted by molar-refractivity contribution is 6.23. The SMILES string of the molecule is CCc1ccc(OC(C)OCCOCC(C)c2ccc3ccc4cccc5ccc2c3c45)cc1. The van der Waals surface area contributed by atoms with Gasteiger partial charge in [0.25, 0.3) is 0 Å². The van der Waals surface area contributed by atoms with Crippen molar-refractivity contribution in [3.05, 3.63) is 90.0 Å². The van der Waals surface area contributed by atoms with E-state index < -0.39 is 0 Å². The van der Waals surface area contributed by atoms with E-state index in [4.69, 9.17) is 14.2 Å². The number of benzene rings is 5. The summed E-state index contributed by atoms with van der Waals surface area (Å²) in [5.41, 5.74) is 2.63. The molecule has 3 nitrogen and oxygen atoms in total. The van der Waals surface area contributed by atoms with Crippen LogP contribution in [0.2, 0.25) is 0 Å². The minimum Gasteiger partial charge on any atom is -0.465 e. The smallest absolute Gasteiger partial charge is 0.197 e. The molecule has 0 bridgehead atoms. The third-order valence-electron chi connectivity index (χ3n) is 6.68. The van der Waals surface area contributed by atoms with Crippen LogP contribution in [0.15, 0.2) is 78.9 Å². The Bertz CT molecular complexity index is 1360. The van der Waals surface area contributed by atoms with Crippen LogP contribution in [-0.2, 0) is 15.9 Å². The Labute approximate surface area is 201 Å². The molecule has 5 aromatic rings. The van der Waals surface area contributed by atoms with Gasteiger partial charge in [0, 0.05) is 5.92 Å². The molecule has 34 heavy (non-hydrogen) atoms. The van der Waals surface area contributed by atoms with Gasteiger partial charge in [0.2, 0.25) is 0 Å². The number of hydrogen-bond acceptors (Lipinski definition) is 3. The van der Waals surface area contributed by atoms with E-state index in [0.29, 0.717) is 19.8 Å². The first kappa shape index (κ1) is 22.6. The van der Waals surface area contributed by atoms with Crippen molar-refractivity contribution >= 4 is 32.3 Å². The van der Waals surface area contributed by atoms with E-state index in [1.54, 1.807) is 0 Å². The van der Waals surface area contributed by atoms with Crippen LogP contribution in [0.3, 0.4) is 0 Å². The van der Waals surface area contributed by atoms with Crippen molar-refractivity contribution in [1.29, 1.82) is 0 Å². The van der Waals surface area contributed by atoms with Gasteiger partial charge in [-0.05, 0) is 68.9 Å². The first-order chi connectivity index (χ1) is 16.6. The summed E-state index contributed by atoms with van der Waals surface area (Å²) in [6, 6.07) is 28.2. The normalized spacial score (nSPS) is 13.6. The zero-order valence-corrected chi connectivity index (χ0v) is 20.2. The van der Waals surface area contributed by atoms with E-state index in [9.17, 15) is 0 Å². The predicted molar refractivity (Wildman–Crippen MR) is 141 cm³/mol. The molecule has 0 aliphatic heterocycles. The van der Waals surface area contributed by atoms with Gasteiger partial charge in [-0.15, -0.1) is 0 Å². The molecule has 5 rings (SSSR count). The first-order valence-electron chi connectivity index (χ1n) is 12.3. The van der Waals surface area contributed by atoms with Crippen LogP contribution >= 0.6 is 0 Å².